The Morgan fingerprint density at radius 1 is 0.755 bits per heavy atom. The average molecular weight is 750 g/mol. The van der Waals surface area contributed by atoms with Gasteiger partial charge in [0.1, 0.15) is 18.0 Å². The van der Waals surface area contributed by atoms with E-state index in [9.17, 15) is 34.8 Å². The molecule has 3 aromatic rings. The Balaban J connectivity index is 0.000000198. The van der Waals surface area contributed by atoms with Crippen LogP contribution >= 0.6 is 0 Å². The number of nitro groups is 2. The van der Waals surface area contributed by atoms with E-state index >= 15 is 0 Å². The quantitative estimate of drug-likeness (QED) is 0.168. The van der Waals surface area contributed by atoms with Crippen molar-refractivity contribution < 1.29 is 43.8 Å². The summed E-state index contributed by atoms with van der Waals surface area (Å²) < 4.78 is 28.2. The lowest BCUT2D eigenvalue weighted by Gasteiger charge is -2.35. The summed E-state index contributed by atoms with van der Waals surface area (Å²) in [6.07, 6.45) is 2.31. The van der Waals surface area contributed by atoms with Gasteiger partial charge in [0.25, 0.3) is 0 Å². The third kappa shape index (κ3) is 14.7. The Morgan fingerprint density at radius 2 is 1.23 bits per heavy atom. The van der Waals surface area contributed by atoms with Crippen LogP contribution in [0.5, 0.6) is 0 Å². The monoisotopic (exact) mass is 749 g/mol. The molecule has 3 fully saturated rings. The summed E-state index contributed by atoms with van der Waals surface area (Å²) in [6, 6.07) is 8.76. The predicted octanol–water partition coefficient (Wildman–Crippen LogP) is 1.31. The van der Waals surface area contributed by atoms with E-state index in [2.05, 4.69) is 25.2 Å². The molecule has 292 valence electrons. The smallest absolute Gasteiger partial charge is 0.363 e. The van der Waals surface area contributed by atoms with E-state index in [1.54, 1.807) is 39.1 Å². The Hall–Kier alpha value is -4.70. The van der Waals surface area contributed by atoms with Crippen molar-refractivity contribution in [1.29, 1.82) is 0 Å². The molecule has 3 aromatic heterocycles. The number of aliphatic hydroxyl groups is 3. The highest BCUT2D eigenvalue weighted by molar-refractivity contribution is 5.48. The molecule has 6 heterocycles. The summed E-state index contributed by atoms with van der Waals surface area (Å²) in [7, 11) is 0. The minimum atomic E-state index is -0.681. The first-order valence-electron chi connectivity index (χ1n) is 16.9. The van der Waals surface area contributed by atoms with Crippen molar-refractivity contribution in [2.45, 2.75) is 57.4 Å². The maximum absolute atomic E-state index is 12.1. The van der Waals surface area contributed by atoms with E-state index < -0.39 is 27.9 Å². The first-order chi connectivity index (χ1) is 25.2. The molecule has 0 amide bonds. The van der Waals surface area contributed by atoms with Gasteiger partial charge in [0.05, 0.1) is 61.8 Å². The van der Waals surface area contributed by atoms with Gasteiger partial charge in [-0.1, -0.05) is 0 Å². The molecule has 6 N–H and O–H groups in total. The zero-order valence-corrected chi connectivity index (χ0v) is 29.8. The molecule has 0 aliphatic carbocycles. The first-order valence-corrected chi connectivity index (χ1v) is 16.9. The van der Waals surface area contributed by atoms with Crippen molar-refractivity contribution in [1.82, 2.24) is 20.3 Å². The Kier molecular flexibility index (Phi) is 17.5. The average Bonchev–Trinajstić information content (AvgIpc) is 3.16. The second-order valence-corrected chi connectivity index (χ2v) is 12.2. The first kappa shape index (κ1) is 42.7. The van der Waals surface area contributed by atoms with Gasteiger partial charge in [0.15, 0.2) is 18.2 Å². The molecule has 3 saturated heterocycles. The zero-order valence-electron chi connectivity index (χ0n) is 29.8. The molecule has 0 saturated carbocycles. The van der Waals surface area contributed by atoms with Crippen molar-refractivity contribution in [2.24, 2.45) is 0 Å². The summed E-state index contributed by atoms with van der Waals surface area (Å²) in [6.45, 7) is 11.5. The van der Waals surface area contributed by atoms with Crippen LogP contribution in [0.25, 0.3) is 0 Å². The van der Waals surface area contributed by atoms with E-state index in [0.717, 1.165) is 55.9 Å². The van der Waals surface area contributed by atoms with Gasteiger partial charge >= 0.3 is 11.6 Å². The molecule has 0 bridgehead atoms. The lowest BCUT2D eigenvalue weighted by molar-refractivity contribution is -0.389. The van der Waals surface area contributed by atoms with E-state index in [-0.39, 0.29) is 36.1 Å². The second kappa shape index (κ2) is 21.7. The molecule has 0 aromatic carbocycles. The lowest BCUT2D eigenvalue weighted by atomic mass is 10.2. The molecule has 3 aliphatic rings. The minimum absolute atomic E-state index is 0.00116. The van der Waals surface area contributed by atoms with Crippen LogP contribution in [0.15, 0.2) is 55.0 Å². The molecular formula is C33H48FN9O10. The van der Waals surface area contributed by atoms with Gasteiger partial charge in [0.2, 0.25) is 0 Å². The van der Waals surface area contributed by atoms with Crippen LogP contribution in [0.3, 0.4) is 0 Å². The fraction of sp³-hybridized carbons (Fsp3) is 0.545. The van der Waals surface area contributed by atoms with Crippen LogP contribution in [-0.4, -0.2) is 136 Å². The number of hydrogen-bond acceptors (Lipinski definition) is 17. The Labute approximate surface area is 305 Å². The molecular weight excluding hydrogens is 701 g/mol. The predicted molar refractivity (Wildman–Crippen MR) is 192 cm³/mol. The number of ether oxygens (including phenoxy) is 3. The number of aromatic nitrogens is 3. The molecule has 0 spiro atoms. The van der Waals surface area contributed by atoms with Gasteiger partial charge in [-0.3, -0.25) is 0 Å². The van der Waals surface area contributed by atoms with E-state index in [0.29, 0.717) is 38.7 Å². The van der Waals surface area contributed by atoms with Gasteiger partial charge in [-0.25, -0.2) is 9.37 Å². The highest BCUT2D eigenvalue weighted by atomic mass is 19.1. The number of aliphatic hydroxyl groups excluding tert-OH is 3. The van der Waals surface area contributed by atoms with Crippen LogP contribution in [0.2, 0.25) is 0 Å². The summed E-state index contributed by atoms with van der Waals surface area (Å²) in [5, 5.41) is 51.6. The number of pyridine rings is 3. The summed E-state index contributed by atoms with van der Waals surface area (Å²) in [5.74, 6) is -0.574. The van der Waals surface area contributed by atoms with E-state index in [4.69, 9.17) is 25.1 Å². The fourth-order valence-corrected chi connectivity index (χ4v) is 5.03. The maximum Gasteiger partial charge on any atom is 0.363 e. The fourth-order valence-electron chi connectivity index (χ4n) is 5.03. The molecule has 6 unspecified atom stereocenters. The number of nitrogen functional groups attached to an aromatic ring is 1. The molecule has 53 heavy (non-hydrogen) atoms. The van der Waals surface area contributed by atoms with Crippen LogP contribution in [0.1, 0.15) is 20.8 Å². The number of morpholine rings is 3. The number of hydrogen-bond donors (Lipinski definition) is 5. The molecule has 20 heteroatoms. The largest absolute Gasteiger partial charge is 0.391 e. The van der Waals surface area contributed by atoms with Crippen LogP contribution in [0, 0.1) is 26.0 Å². The standard InChI is InChI=1S/C11H15N3O4.C11H17N3O2.C6H13NO2.C5H3FN2O2/c1-8(15)10-7-13(4-5-18-10)9-2-3-11(12-6-9)14(16)17;1-8(15)10-7-14(4-5-16-10)9-2-3-11(12)13-6-9;1-5(8)6-4-7-2-3-9-6;6-4-1-2-5(7-3-4)8(9)10/h2-3,6,8,10,15H,4-5,7H2,1H3;2-3,6,8,10,15H,4-5,7H2,1H3,(H2,12,13);5-8H,2-4H2,1H3;1-3H. The number of rotatable bonds is 7. The zero-order chi connectivity index (χ0) is 38.9. The normalized spacial score (nSPS) is 21.5. The third-order valence-electron chi connectivity index (χ3n) is 8.08. The Bertz CT molecular complexity index is 1520. The lowest BCUT2D eigenvalue weighted by Crippen LogP contribution is -2.47. The van der Waals surface area contributed by atoms with Crippen LogP contribution < -0.4 is 20.9 Å². The number of anilines is 3. The number of nitrogens with one attached hydrogen (secondary N) is 1. The van der Waals surface area contributed by atoms with Gasteiger partial charge in [-0.2, -0.15) is 0 Å². The molecule has 3 aliphatic heterocycles. The summed E-state index contributed by atoms with van der Waals surface area (Å²) in [5.41, 5.74) is 7.35. The molecule has 19 nitrogen and oxygen atoms in total. The Morgan fingerprint density at radius 3 is 1.58 bits per heavy atom. The van der Waals surface area contributed by atoms with Crippen molar-refractivity contribution in [3.63, 3.8) is 0 Å². The highest BCUT2D eigenvalue weighted by Gasteiger charge is 2.26. The van der Waals surface area contributed by atoms with Crippen molar-refractivity contribution in [3.05, 3.63) is 81.0 Å². The molecule has 6 atom stereocenters. The minimum Gasteiger partial charge on any atom is -0.391 e. The molecule has 0 radical (unpaired) electrons. The summed E-state index contributed by atoms with van der Waals surface area (Å²) >= 11 is 0. The van der Waals surface area contributed by atoms with Gasteiger partial charge in [-0.15, -0.1) is 0 Å². The third-order valence-corrected chi connectivity index (χ3v) is 8.08. The van der Waals surface area contributed by atoms with Crippen LogP contribution in [0.4, 0.5) is 33.2 Å². The maximum atomic E-state index is 12.1. The number of nitrogens with two attached hydrogens (primary N) is 1. The number of halogens is 1. The van der Waals surface area contributed by atoms with Gasteiger partial charge in [0, 0.05) is 51.4 Å². The molecule has 6 rings (SSSR count). The van der Waals surface area contributed by atoms with E-state index in [1.807, 2.05) is 11.0 Å². The van der Waals surface area contributed by atoms with Crippen LogP contribution in [-0.2, 0) is 14.2 Å². The van der Waals surface area contributed by atoms with Gasteiger partial charge < -0.3 is 70.6 Å². The van der Waals surface area contributed by atoms with Crippen molar-refractivity contribution in [3.8, 4) is 0 Å². The van der Waals surface area contributed by atoms with Crippen molar-refractivity contribution >= 4 is 28.8 Å². The van der Waals surface area contributed by atoms with Gasteiger partial charge in [-0.05, 0) is 64.9 Å². The second-order valence-electron chi connectivity index (χ2n) is 12.2. The number of nitrogens with zero attached hydrogens (tertiary/aromatic N) is 7. The highest BCUT2D eigenvalue weighted by Crippen LogP contribution is 2.21. The topological polar surface area (TPSA) is 258 Å². The SMILES string of the molecule is CC(O)C1CN(c2ccc(N)nc2)CCO1.CC(O)C1CN(c2ccc([N+](=O)[O-])nc2)CCO1.CC(O)C1CNCCO1.O=[N+]([O-])c1ccc(F)cn1. The van der Waals surface area contributed by atoms with E-state index in [1.165, 1.54) is 12.3 Å². The summed E-state index contributed by atoms with van der Waals surface area (Å²) in [4.78, 5) is 34.4. The van der Waals surface area contributed by atoms with Crippen molar-refractivity contribution in [2.75, 3.05) is 74.6 Å².